The number of rotatable bonds is 6. The first-order chi connectivity index (χ1) is 7.67. The molecular weight excluding hydrogens is 198 g/mol. The van der Waals surface area contributed by atoms with Gasteiger partial charge >= 0.3 is 0 Å². The van der Waals surface area contributed by atoms with Crippen LogP contribution in [0, 0.1) is 6.92 Å². The van der Waals surface area contributed by atoms with Crippen LogP contribution < -0.4 is 5.73 Å². The lowest BCUT2D eigenvalue weighted by Gasteiger charge is -2.21. The Kier molecular flexibility index (Phi) is 5.50. The first-order valence-electron chi connectivity index (χ1n) is 6.09. The van der Waals surface area contributed by atoms with Gasteiger partial charge in [-0.2, -0.15) is 0 Å². The summed E-state index contributed by atoms with van der Waals surface area (Å²) in [5, 5.41) is 0. The van der Waals surface area contributed by atoms with Gasteiger partial charge in [0, 0.05) is 6.54 Å². The van der Waals surface area contributed by atoms with Gasteiger partial charge in [-0.1, -0.05) is 43.2 Å². The van der Waals surface area contributed by atoms with Gasteiger partial charge in [-0.3, -0.25) is 0 Å². The number of hydrogen-bond donors (Lipinski definition) is 1. The molecular formula is C14H23NO. The Balaban J connectivity index is 2.63. The van der Waals surface area contributed by atoms with E-state index < -0.39 is 0 Å². The van der Waals surface area contributed by atoms with Gasteiger partial charge in [0.15, 0.2) is 0 Å². The molecule has 2 heteroatoms. The van der Waals surface area contributed by atoms with E-state index in [0.717, 1.165) is 12.8 Å². The third-order valence-corrected chi connectivity index (χ3v) is 2.75. The third kappa shape index (κ3) is 3.95. The maximum Gasteiger partial charge on any atom is 0.0950 e. The minimum absolute atomic E-state index is 0.0298. The molecule has 0 saturated carbocycles. The second-order valence-electron chi connectivity index (χ2n) is 4.37. The number of benzene rings is 1. The smallest absolute Gasteiger partial charge is 0.0950 e. The second kappa shape index (κ2) is 6.66. The lowest BCUT2D eigenvalue weighted by atomic mass is 10.1. The van der Waals surface area contributed by atoms with Crippen LogP contribution in [-0.4, -0.2) is 12.6 Å². The van der Waals surface area contributed by atoms with E-state index in [0.29, 0.717) is 6.54 Å². The molecule has 16 heavy (non-hydrogen) atoms. The minimum atomic E-state index is 0.0298. The van der Waals surface area contributed by atoms with E-state index in [2.05, 4.69) is 45.0 Å². The van der Waals surface area contributed by atoms with E-state index in [4.69, 9.17) is 10.5 Å². The normalized spacial score (nSPS) is 14.8. The van der Waals surface area contributed by atoms with Crippen LogP contribution in [0.1, 0.15) is 43.9 Å². The molecule has 2 unspecified atom stereocenters. The summed E-state index contributed by atoms with van der Waals surface area (Å²) in [6, 6.07) is 8.41. The molecule has 0 fully saturated rings. The molecule has 0 radical (unpaired) electrons. The van der Waals surface area contributed by atoms with E-state index in [-0.39, 0.29) is 12.2 Å². The zero-order valence-electron chi connectivity index (χ0n) is 10.6. The highest BCUT2D eigenvalue weighted by Gasteiger charge is 2.13. The second-order valence-corrected chi connectivity index (χ2v) is 4.37. The monoisotopic (exact) mass is 221 g/mol. The van der Waals surface area contributed by atoms with Crippen LogP contribution in [0.15, 0.2) is 24.3 Å². The Morgan fingerprint density at radius 1 is 1.25 bits per heavy atom. The van der Waals surface area contributed by atoms with Crippen molar-refractivity contribution in [3.05, 3.63) is 35.4 Å². The van der Waals surface area contributed by atoms with Gasteiger partial charge in [0.2, 0.25) is 0 Å². The summed E-state index contributed by atoms with van der Waals surface area (Å²) in [7, 11) is 0. The molecule has 0 heterocycles. The Bertz CT molecular complexity index is 294. The quantitative estimate of drug-likeness (QED) is 0.800. The molecule has 0 bridgehead atoms. The van der Waals surface area contributed by atoms with Gasteiger partial charge in [-0.05, 0) is 25.8 Å². The lowest BCUT2D eigenvalue weighted by Crippen LogP contribution is -2.20. The summed E-state index contributed by atoms with van der Waals surface area (Å²) in [6.45, 7) is 6.91. The van der Waals surface area contributed by atoms with E-state index in [1.54, 1.807) is 0 Å². The van der Waals surface area contributed by atoms with Crippen LogP contribution in [0.4, 0.5) is 0 Å². The Morgan fingerprint density at radius 2 is 1.88 bits per heavy atom. The SMILES string of the molecule is CCCC(C)OC(CN)c1ccc(C)cc1. The summed E-state index contributed by atoms with van der Waals surface area (Å²) >= 11 is 0. The summed E-state index contributed by atoms with van der Waals surface area (Å²) in [5.74, 6) is 0. The summed E-state index contributed by atoms with van der Waals surface area (Å²) in [5.41, 5.74) is 8.20. The largest absolute Gasteiger partial charge is 0.369 e. The van der Waals surface area contributed by atoms with Crippen molar-refractivity contribution in [3.8, 4) is 0 Å². The first-order valence-corrected chi connectivity index (χ1v) is 6.09. The molecule has 0 amide bonds. The molecule has 0 spiro atoms. The predicted octanol–water partition coefficient (Wildman–Crippen LogP) is 3.20. The average Bonchev–Trinajstić information content (AvgIpc) is 2.27. The molecule has 0 aliphatic rings. The summed E-state index contributed by atoms with van der Waals surface area (Å²) in [4.78, 5) is 0. The topological polar surface area (TPSA) is 35.2 Å². The highest BCUT2D eigenvalue weighted by Crippen LogP contribution is 2.20. The van der Waals surface area contributed by atoms with Gasteiger partial charge in [0.1, 0.15) is 0 Å². The first kappa shape index (κ1) is 13.2. The molecule has 90 valence electrons. The predicted molar refractivity (Wildman–Crippen MR) is 68.4 cm³/mol. The van der Waals surface area contributed by atoms with Crippen LogP contribution in [0.5, 0.6) is 0 Å². The van der Waals surface area contributed by atoms with Crippen LogP contribution in [0.2, 0.25) is 0 Å². The molecule has 2 atom stereocenters. The van der Waals surface area contributed by atoms with E-state index in [1.807, 2.05) is 0 Å². The molecule has 2 nitrogen and oxygen atoms in total. The van der Waals surface area contributed by atoms with Crippen molar-refractivity contribution < 1.29 is 4.74 Å². The minimum Gasteiger partial charge on any atom is -0.369 e. The van der Waals surface area contributed by atoms with E-state index in [1.165, 1.54) is 11.1 Å². The molecule has 2 N–H and O–H groups in total. The molecule has 1 rings (SSSR count). The molecule has 0 aliphatic carbocycles. The van der Waals surface area contributed by atoms with Gasteiger partial charge in [0.05, 0.1) is 12.2 Å². The fourth-order valence-corrected chi connectivity index (χ4v) is 1.81. The van der Waals surface area contributed by atoms with Crippen molar-refractivity contribution in [2.75, 3.05) is 6.54 Å². The van der Waals surface area contributed by atoms with Crippen molar-refractivity contribution in [2.24, 2.45) is 5.73 Å². The standard InChI is InChI=1S/C14H23NO/c1-4-5-12(3)16-14(10-15)13-8-6-11(2)7-9-13/h6-9,12,14H,4-5,10,15H2,1-3H3. The maximum absolute atomic E-state index is 5.94. The maximum atomic E-state index is 5.94. The average molecular weight is 221 g/mol. The third-order valence-electron chi connectivity index (χ3n) is 2.75. The lowest BCUT2D eigenvalue weighted by molar-refractivity contribution is -0.00283. The van der Waals surface area contributed by atoms with Crippen LogP contribution in [-0.2, 0) is 4.74 Å². The van der Waals surface area contributed by atoms with Crippen molar-refractivity contribution in [2.45, 2.75) is 45.8 Å². The molecule has 1 aromatic rings. The highest BCUT2D eigenvalue weighted by atomic mass is 16.5. The zero-order valence-corrected chi connectivity index (χ0v) is 10.6. The van der Waals surface area contributed by atoms with Crippen molar-refractivity contribution >= 4 is 0 Å². The number of ether oxygens (including phenoxy) is 1. The molecule has 0 aromatic heterocycles. The van der Waals surface area contributed by atoms with Gasteiger partial charge in [-0.25, -0.2) is 0 Å². The van der Waals surface area contributed by atoms with Crippen LogP contribution in [0.3, 0.4) is 0 Å². The molecule has 0 aliphatic heterocycles. The molecule has 0 saturated heterocycles. The van der Waals surface area contributed by atoms with Gasteiger partial charge < -0.3 is 10.5 Å². The fourth-order valence-electron chi connectivity index (χ4n) is 1.81. The Hall–Kier alpha value is -0.860. The van der Waals surface area contributed by atoms with Crippen LogP contribution >= 0.6 is 0 Å². The van der Waals surface area contributed by atoms with Gasteiger partial charge in [-0.15, -0.1) is 0 Å². The van der Waals surface area contributed by atoms with Crippen molar-refractivity contribution in [3.63, 3.8) is 0 Å². The van der Waals surface area contributed by atoms with E-state index in [9.17, 15) is 0 Å². The molecule has 1 aromatic carbocycles. The zero-order chi connectivity index (χ0) is 12.0. The summed E-state index contributed by atoms with van der Waals surface area (Å²) in [6.07, 6.45) is 2.54. The fraction of sp³-hybridized carbons (Fsp3) is 0.571. The Morgan fingerprint density at radius 3 is 2.38 bits per heavy atom. The van der Waals surface area contributed by atoms with Crippen molar-refractivity contribution in [1.29, 1.82) is 0 Å². The van der Waals surface area contributed by atoms with E-state index >= 15 is 0 Å². The number of aryl methyl sites for hydroxylation is 1. The van der Waals surface area contributed by atoms with Gasteiger partial charge in [0.25, 0.3) is 0 Å². The highest BCUT2D eigenvalue weighted by molar-refractivity contribution is 5.23. The number of nitrogens with two attached hydrogens (primary N) is 1. The Labute approximate surface area is 98.8 Å². The van der Waals surface area contributed by atoms with Crippen LogP contribution in [0.25, 0.3) is 0 Å². The van der Waals surface area contributed by atoms with Crippen molar-refractivity contribution in [1.82, 2.24) is 0 Å². The number of hydrogen-bond acceptors (Lipinski definition) is 2. The summed E-state index contributed by atoms with van der Waals surface area (Å²) < 4.78 is 5.94.